The molecule has 0 aliphatic rings. The molecule has 0 saturated carbocycles. The smallest absolute Gasteiger partial charge is 0.267 e. The number of carbonyl (C=O) groups excluding carboxylic acids is 1. The van der Waals surface area contributed by atoms with Crippen molar-refractivity contribution < 1.29 is 18.3 Å². The zero-order valence-electron chi connectivity index (χ0n) is 12.6. The lowest BCUT2D eigenvalue weighted by molar-refractivity contribution is 0.0996. The number of ether oxygens (including phenoxy) is 1. The minimum atomic E-state index is -0.794. The Kier molecular flexibility index (Phi) is 3.99. The number of H-pyrrole nitrogens is 1. The minimum Gasteiger partial charge on any atom is -0.497 e. The SMILES string of the molecule is COc1cccc(-c2nc(-c3c(F)cccc3F)[nH]c2C(N)=O)c1. The number of rotatable bonds is 4. The first-order valence-corrected chi connectivity index (χ1v) is 7.00. The first-order chi connectivity index (χ1) is 11.5. The second-order valence-electron chi connectivity index (χ2n) is 5.00. The average molecular weight is 329 g/mol. The van der Waals surface area contributed by atoms with Crippen molar-refractivity contribution in [2.24, 2.45) is 5.73 Å². The van der Waals surface area contributed by atoms with Crippen molar-refractivity contribution in [2.75, 3.05) is 7.11 Å². The fourth-order valence-corrected chi connectivity index (χ4v) is 2.37. The fraction of sp³-hybridized carbons (Fsp3) is 0.0588. The number of hydrogen-bond acceptors (Lipinski definition) is 3. The molecule has 1 amide bonds. The number of imidazole rings is 1. The third-order valence-corrected chi connectivity index (χ3v) is 3.49. The van der Waals surface area contributed by atoms with Gasteiger partial charge in [0.15, 0.2) is 0 Å². The molecule has 0 aliphatic carbocycles. The van der Waals surface area contributed by atoms with Crippen LogP contribution >= 0.6 is 0 Å². The van der Waals surface area contributed by atoms with E-state index >= 15 is 0 Å². The lowest BCUT2D eigenvalue weighted by Crippen LogP contribution is -2.12. The third kappa shape index (κ3) is 2.71. The highest BCUT2D eigenvalue weighted by atomic mass is 19.1. The van der Waals surface area contributed by atoms with E-state index < -0.39 is 17.5 Å². The Hall–Kier alpha value is -3.22. The van der Waals surface area contributed by atoms with Gasteiger partial charge in [-0.15, -0.1) is 0 Å². The molecule has 7 heteroatoms. The number of aromatic nitrogens is 2. The van der Waals surface area contributed by atoms with Crippen LogP contribution in [0.2, 0.25) is 0 Å². The Balaban J connectivity index is 2.21. The largest absolute Gasteiger partial charge is 0.497 e. The summed E-state index contributed by atoms with van der Waals surface area (Å²) in [6, 6.07) is 10.2. The van der Waals surface area contributed by atoms with Gasteiger partial charge in [0, 0.05) is 5.56 Å². The number of hydrogen-bond donors (Lipinski definition) is 2. The van der Waals surface area contributed by atoms with Crippen LogP contribution in [0, 0.1) is 11.6 Å². The number of methoxy groups -OCH3 is 1. The van der Waals surface area contributed by atoms with E-state index in [2.05, 4.69) is 9.97 Å². The number of primary amides is 1. The highest BCUT2D eigenvalue weighted by Crippen LogP contribution is 2.30. The monoisotopic (exact) mass is 329 g/mol. The van der Waals surface area contributed by atoms with E-state index in [1.807, 2.05) is 0 Å². The molecule has 0 atom stereocenters. The zero-order valence-corrected chi connectivity index (χ0v) is 12.6. The van der Waals surface area contributed by atoms with Gasteiger partial charge in [-0.3, -0.25) is 4.79 Å². The number of amides is 1. The first-order valence-electron chi connectivity index (χ1n) is 7.00. The summed E-state index contributed by atoms with van der Waals surface area (Å²) in [6.45, 7) is 0. The molecule has 122 valence electrons. The van der Waals surface area contributed by atoms with Gasteiger partial charge < -0.3 is 15.5 Å². The fourth-order valence-electron chi connectivity index (χ4n) is 2.37. The van der Waals surface area contributed by atoms with Crippen molar-refractivity contribution in [1.29, 1.82) is 0 Å². The number of nitrogens with zero attached hydrogens (tertiary/aromatic N) is 1. The van der Waals surface area contributed by atoms with Crippen LogP contribution in [0.5, 0.6) is 5.75 Å². The van der Waals surface area contributed by atoms with Gasteiger partial charge in [0.05, 0.1) is 12.7 Å². The number of nitrogens with one attached hydrogen (secondary N) is 1. The molecule has 3 aromatic rings. The molecule has 0 spiro atoms. The number of carbonyl (C=O) groups is 1. The summed E-state index contributed by atoms with van der Waals surface area (Å²) < 4.78 is 33.1. The number of halogens is 2. The summed E-state index contributed by atoms with van der Waals surface area (Å²) in [4.78, 5) is 18.5. The summed E-state index contributed by atoms with van der Waals surface area (Å²) >= 11 is 0. The summed E-state index contributed by atoms with van der Waals surface area (Å²) in [6.07, 6.45) is 0. The Bertz CT molecular complexity index is 902. The summed E-state index contributed by atoms with van der Waals surface area (Å²) in [5, 5.41) is 0. The molecule has 3 rings (SSSR count). The molecule has 0 unspecified atom stereocenters. The van der Waals surface area contributed by atoms with Gasteiger partial charge in [-0.05, 0) is 24.3 Å². The maximum atomic E-state index is 14.0. The van der Waals surface area contributed by atoms with E-state index in [1.165, 1.54) is 13.2 Å². The standard InChI is InChI=1S/C17H13F2N3O2/c1-24-10-5-2-4-9(8-10)14-15(16(20)23)22-17(21-14)13-11(18)6-3-7-12(13)19/h2-8H,1H3,(H2,20,23)(H,21,22). The maximum absolute atomic E-state index is 14.0. The molecule has 2 aromatic carbocycles. The Morgan fingerprint density at radius 2 is 1.83 bits per heavy atom. The van der Waals surface area contributed by atoms with Gasteiger partial charge in [-0.2, -0.15) is 0 Å². The van der Waals surface area contributed by atoms with Crippen LogP contribution in [0.15, 0.2) is 42.5 Å². The number of aromatic amines is 1. The third-order valence-electron chi connectivity index (χ3n) is 3.49. The van der Waals surface area contributed by atoms with Crippen LogP contribution in [0.3, 0.4) is 0 Å². The van der Waals surface area contributed by atoms with E-state index in [0.717, 1.165) is 12.1 Å². The van der Waals surface area contributed by atoms with E-state index in [0.29, 0.717) is 11.3 Å². The second-order valence-corrected chi connectivity index (χ2v) is 5.00. The lowest BCUT2D eigenvalue weighted by atomic mass is 10.1. The molecular formula is C17H13F2N3O2. The van der Waals surface area contributed by atoms with Crippen molar-refractivity contribution in [3.05, 3.63) is 59.8 Å². The molecule has 0 saturated heterocycles. The molecule has 0 radical (unpaired) electrons. The summed E-state index contributed by atoms with van der Waals surface area (Å²) in [5.74, 6) is -1.95. The van der Waals surface area contributed by atoms with E-state index in [1.54, 1.807) is 24.3 Å². The second kappa shape index (κ2) is 6.11. The average Bonchev–Trinajstić information content (AvgIpc) is 3.00. The number of benzene rings is 2. The lowest BCUT2D eigenvalue weighted by Gasteiger charge is -2.03. The molecule has 0 aliphatic heterocycles. The molecule has 3 N–H and O–H groups in total. The molecule has 5 nitrogen and oxygen atoms in total. The van der Waals surface area contributed by atoms with Crippen molar-refractivity contribution >= 4 is 5.91 Å². The first kappa shape index (κ1) is 15.7. The van der Waals surface area contributed by atoms with Gasteiger partial charge in [0.2, 0.25) is 0 Å². The van der Waals surface area contributed by atoms with Gasteiger partial charge in [-0.1, -0.05) is 18.2 Å². The predicted octanol–water partition coefficient (Wildman–Crippen LogP) is 3.13. The number of nitrogens with two attached hydrogens (primary N) is 1. The van der Waals surface area contributed by atoms with Crippen molar-refractivity contribution in [3.8, 4) is 28.4 Å². The van der Waals surface area contributed by atoms with E-state index in [9.17, 15) is 13.6 Å². The van der Waals surface area contributed by atoms with Gasteiger partial charge in [0.1, 0.15) is 34.6 Å². The summed E-state index contributed by atoms with van der Waals surface area (Å²) in [7, 11) is 1.50. The van der Waals surface area contributed by atoms with Crippen molar-refractivity contribution in [2.45, 2.75) is 0 Å². The topological polar surface area (TPSA) is 81.0 Å². The van der Waals surface area contributed by atoms with Gasteiger partial charge in [-0.25, -0.2) is 13.8 Å². The van der Waals surface area contributed by atoms with Crippen molar-refractivity contribution in [1.82, 2.24) is 9.97 Å². The van der Waals surface area contributed by atoms with Crippen LogP contribution in [-0.2, 0) is 0 Å². The highest BCUT2D eigenvalue weighted by molar-refractivity contribution is 5.98. The summed E-state index contributed by atoms with van der Waals surface area (Å²) in [5.41, 5.74) is 5.69. The van der Waals surface area contributed by atoms with Gasteiger partial charge >= 0.3 is 0 Å². The molecule has 24 heavy (non-hydrogen) atoms. The molecule has 1 aromatic heterocycles. The normalized spacial score (nSPS) is 10.6. The van der Waals surface area contributed by atoms with E-state index in [-0.39, 0.29) is 22.8 Å². The van der Waals surface area contributed by atoms with Crippen LogP contribution < -0.4 is 10.5 Å². The Labute approximate surface area is 136 Å². The Morgan fingerprint density at radius 1 is 1.17 bits per heavy atom. The maximum Gasteiger partial charge on any atom is 0.267 e. The van der Waals surface area contributed by atoms with Crippen LogP contribution in [-0.4, -0.2) is 23.0 Å². The molecule has 0 fully saturated rings. The quantitative estimate of drug-likeness (QED) is 0.771. The Morgan fingerprint density at radius 3 is 2.46 bits per heavy atom. The molecule has 1 heterocycles. The van der Waals surface area contributed by atoms with Gasteiger partial charge in [0.25, 0.3) is 5.91 Å². The van der Waals surface area contributed by atoms with E-state index in [4.69, 9.17) is 10.5 Å². The zero-order chi connectivity index (χ0) is 17.3. The highest BCUT2D eigenvalue weighted by Gasteiger charge is 2.21. The minimum absolute atomic E-state index is 0.0408. The molecular weight excluding hydrogens is 316 g/mol. The van der Waals surface area contributed by atoms with Crippen molar-refractivity contribution in [3.63, 3.8) is 0 Å². The van der Waals surface area contributed by atoms with Crippen LogP contribution in [0.1, 0.15) is 10.5 Å². The van der Waals surface area contributed by atoms with Crippen LogP contribution in [0.4, 0.5) is 8.78 Å². The van der Waals surface area contributed by atoms with Crippen LogP contribution in [0.25, 0.3) is 22.6 Å². The molecule has 0 bridgehead atoms. The predicted molar refractivity (Wildman–Crippen MR) is 84.4 cm³/mol.